The second-order valence-electron chi connectivity index (χ2n) is 5.94. The summed E-state index contributed by atoms with van der Waals surface area (Å²) in [6.07, 6.45) is 2.90. The van der Waals surface area contributed by atoms with Crippen LogP contribution in [-0.2, 0) is 14.3 Å². The second-order valence-corrected chi connectivity index (χ2v) is 5.94. The molecule has 8 heteroatoms. The highest BCUT2D eigenvalue weighted by Gasteiger charge is 2.67. The van der Waals surface area contributed by atoms with E-state index in [4.69, 9.17) is 4.74 Å². The maximum absolute atomic E-state index is 12.7. The first-order valence-corrected chi connectivity index (χ1v) is 7.09. The molecule has 1 spiro atoms. The number of benzene rings is 1. The number of aliphatic carboxylic acids is 1. The van der Waals surface area contributed by atoms with Gasteiger partial charge in [0, 0.05) is 17.8 Å². The topological polar surface area (TPSA) is 110 Å². The molecule has 0 unspecified atom stereocenters. The van der Waals surface area contributed by atoms with Gasteiger partial charge in [0.2, 0.25) is 5.91 Å². The van der Waals surface area contributed by atoms with Gasteiger partial charge in [-0.05, 0) is 12.1 Å². The highest BCUT2D eigenvalue weighted by molar-refractivity contribution is 6.02. The average molecular weight is 316 g/mol. The quantitative estimate of drug-likeness (QED) is 0.505. The molecular weight excluding hydrogens is 304 g/mol. The van der Waals surface area contributed by atoms with Crippen LogP contribution in [0.2, 0.25) is 0 Å². The zero-order chi connectivity index (χ0) is 16.4. The number of carbonyl (C=O) groups excluding carboxylic acids is 1. The number of ether oxygens (including phenoxy) is 1. The molecular formula is C15H12N2O6. The Kier molecular flexibility index (Phi) is 2.65. The number of carboxylic acid groups (broad SMARTS) is 1. The number of amides is 1. The lowest BCUT2D eigenvalue weighted by atomic mass is 9.77. The predicted octanol–water partition coefficient (Wildman–Crippen LogP) is 0.966. The van der Waals surface area contributed by atoms with Crippen LogP contribution in [0.1, 0.15) is 0 Å². The number of nitrogens with zero attached hydrogens (tertiary/aromatic N) is 2. The summed E-state index contributed by atoms with van der Waals surface area (Å²) < 4.78 is 5.78. The van der Waals surface area contributed by atoms with Gasteiger partial charge in [-0.3, -0.25) is 19.7 Å². The van der Waals surface area contributed by atoms with E-state index in [2.05, 4.69) is 0 Å². The number of non-ortho nitro benzene ring substituents is 1. The fourth-order valence-electron chi connectivity index (χ4n) is 3.75. The number of carboxylic acids is 1. The van der Waals surface area contributed by atoms with Crippen molar-refractivity contribution in [1.29, 1.82) is 0 Å². The van der Waals surface area contributed by atoms with Crippen LogP contribution < -0.4 is 4.90 Å². The number of hydrogen-bond donors (Lipinski definition) is 1. The van der Waals surface area contributed by atoms with Crippen LogP contribution in [0.4, 0.5) is 11.4 Å². The van der Waals surface area contributed by atoms with Crippen LogP contribution in [-0.4, -0.2) is 40.2 Å². The molecule has 118 valence electrons. The van der Waals surface area contributed by atoms with Gasteiger partial charge in [0.1, 0.15) is 11.5 Å². The van der Waals surface area contributed by atoms with E-state index in [-0.39, 0.29) is 18.1 Å². The molecule has 0 aliphatic carbocycles. The average Bonchev–Trinajstić information content (AvgIpc) is 3.15. The second kappa shape index (κ2) is 4.39. The molecule has 4 rings (SSSR count). The van der Waals surface area contributed by atoms with Crippen molar-refractivity contribution in [3.8, 4) is 0 Å². The van der Waals surface area contributed by atoms with Gasteiger partial charge in [0.25, 0.3) is 5.69 Å². The zero-order valence-corrected chi connectivity index (χ0v) is 11.8. The van der Waals surface area contributed by atoms with Crippen molar-refractivity contribution in [2.75, 3.05) is 11.4 Å². The van der Waals surface area contributed by atoms with E-state index in [1.807, 2.05) is 0 Å². The summed E-state index contributed by atoms with van der Waals surface area (Å²) in [7, 11) is 0. The van der Waals surface area contributed by atoms with E-state index >= 15 is 0 Å². The number of nitro benzene ring substituents is 1. The molecule has 1 aromatic carbocycles. The van der Waals surface area contributed by atoms with E-state index in [1.165, 1.54) is 29.2 Å². The lowest BCUT2D eigenvalue weighted by molar-refractivity contribution is -0.384. The summed E-state index contributed by atoms with van der Waals surface area (Å²) in [6.45, 7) is 0.213. The molecule has 3 aliphatic rings. The molecule has 3 aliphatic heterocycles. The predicted molar refractivity (Wildman–Crippen MR) is 76.8 cm³/mol. The first kappa shape index (κ1) is 13.9. The lowest BCUT2D eigenvalue weighted by Gasteiger charge is -2.21. The first-order chi connectivity index (χ1) is 10.9. The fourth-order valence-corrected chi connectivity index (χ4v) is 3.75. The standard InChI is InChI=1S/C15H12N2O6/c18-13-12-11(14(19)20)10-5-6-15(12,23-10)7-16(13)8-1-3-9(4-2-8)17(21)22/h1-6,10-12H,7H2,(H,19,20)/t10-,11-,12-,15+/m1/s1. The van der Waals surface area contributed by atoms with E-state index in [0.29, 0.717) is 5.69 Å². The van der Waals surface area contributed by atoms with Gasteiger partial charge in [-0.15, -0.1) is 0 Å². The van der Waals surface area contributed by atoms with Gasteiger partial charge >= 0.3 is 5.97 Å². The molecule has 0 aromatic heterocycles. The normalized spacial score (nSPS) is 34.0. The van der Waals surface area contributed by atoms with E-state index in [9.17, 15) is 24.8 Å². The largest absolute Gasteiger partial charge is 0.481 e. The summed E-state index contributed by atoms with van der Waals surface area (Å²) in [4.78, 5) is 35.8. The Morgan fingerprint density at radius 3 is 2.70 bits per heavy atom. The molecule has 2 saturated heterocycles. The Labute approximate surface area is 130 Å². The molecule has 2 fully saturated rings. The fraction of sp³-hybridized carbons (Fsp3) is 0.333. The Hall–Kier alpha value is -2.74. The SMILES string of the molecule is O=C(O)[C@@H]1[C@H]2C=C[C@@]3(CN(c4ccc([N+](=O)[O-])cc4)C(=O)[C@@H]13)O2. The molecule has 0 saturated carbocycles. The minimum atomic E-state index is -1.05. The van der Waals surface area contributed by atoms with Gasteiger partial charge in [-0.25, -0.2) is 0 Å². The molecule has 8 nitrogen and oxygen atoms in total. The monoisotopic (exact) mass is 316 g/mol. The molecule has 1 N–H and O–H groups in total. The van der Waals surface area contributed by atoms with Crippen LogP contribution in [0.15, 0.2) is 36.4 Å². The molecule has 1 aromatic rings. The number of rotatable bonds is 3. The smallest absolute Gasteiger partial charge is 0.310 e. The van der Waals surface area contributed by atoms with E-state index in [1.54, 1.807) is 12.2 Å². The highest BCUT2D eigenvalue weighted by atomic mass is 16.6. The number of hydrogen-bond acceptors (Lipinski definition) is 5. The molecule has 0 radical (unpaired) electrons. The summed E-state index contributed by atoms with van der Waals surface area (Å²) in [6, 6.07) is 5.60. The minimum Gasteiger partial charge on any atom is -0.481 e. The van der Waals surface area contributed by atoms with Crippen LogP contribution >= 0.6 is 0 Å². The Morgan fingerprint density at radius 2 is 2.09 bits per heavy atom. The third kappa shape index (κ3) is 1.75. The molecule has 23 heavy (non-hydrogen) atoms. The number of fused-ring (bicyclic) bond motifs is 1. The Balaban J connectivity index is 1.69. The van der Waals surface area contributed by atoms with E-state index in [0.717, 1.165) is 0 Å². The minimum absolute atomic E-state index is 0.0701. The Bertz CT molecular complexity index is 758. The first-order valence-electron chi connectivity index (χ1n) is 7.09. The van der Waals surface area contributed by atoms with Crippen molar-refractivity contribution in [2.45, 2.75) is 11.7 Å². The van der Waals surface area contributed by atoms with Crippen molar-refractivity contribution in [3.05, 3.63) is 46.5 Å². The van der Waals surface area contributed by atoms with Gasteiger partial charge in [0.15, 0.2) is 0 Å². The van der Waals surface area contributed by atoms with Crippen LogP contribution in [0.25, 0.3) is 0 Å². The third-order valence-electron chi connectivity index (χ3n) is 4.76. The third-order valence-corrected chi connectivity index (χ3v) is 4.76. The summed E-state index contributed by atoms with van der Waals surface area (Å²) in [5, 5.41) is 20.1. The van der Waals surface area contributed by atoms with Gasteiger partial charge < -0.3 is 14.7 Å². The molecule has 4 atom stereocenters. The van der Waals surface area contributed by atoms with Crippen LogP contribution in [0, 0.1) is 22.0 Å². The van der Waals surface area contributed by atoms with Crippen LogP contribution in [0.3, 0.4) is 0 Å². The lowest BCUT2D eigenvalue weighted by Crippen LogP contribution is -2.39. The van der Waals surface area contributed by atoms with Gasteiger partial charge in [-0.2, -0.15) is 0 Å². The maximum atomic E-state index is 12.7. The van der Waals surface area contributed by atoms with E-state index < -0.39 is 34.4 Å². The number of carbonyl (C=O) groups is 2. The molecule has 1 amide bonds. The van der Waals surface area contributed by atoms with Crippen molar-refractivity contribution >= 4 is 23.3 Å². The van der Waals surface area contributed by atoms with Crippen molar-refractivity contribution in [1.82, 2.24) is 0 Å². The number of anilines is 1. The number of nitro groups is 1. The van der Waals surface area contributed by atoms with Gasteiger partial charge in [-0.1, -0.05) is 12.2 Å². The molecule has 2 bridgehead atoms. The van der Waals surface area contributed by atoms with Crippen molar-refractivity contribution < 1.29 is 24.4 Å². The molecule has 3 heterocycles. The summed E-state index contributed by atoms with van der Waals surface area (Å²) in [5.41, 5.74) is -0.486. The van der Waals surface area contributed by atoms with Gasteiger partial charge in [0.05, 0.1) is 23.5 Å². The Morgan fingerprint density at radius 1 is 1.39 bits per heavy atom. The maximum Gasteiger partial charge on any atom is 0.310 e. The van der Waals surface area contributed by atoms with Crippen molar-refractivity contribution in [3.63, 3.8) is 0 Å². The summed E-state index contributed by atoms with van der Waals surface area (Å²) >= 11 is 0. The highest BCUT2D eigenvalue weighted by Crippen LogP contribution is 2.52. The summed E-state index contributed by atoms with van der Waals surface area (Å²) in [5.74, 6) is -3.02. The van der Waals surface area contributed by atoms with Crippen LogP contribution in [0.5, 0.6) is 0 Å². The van der Waals surface area contributed by atoms with Crippen molar-refractivity contribution in [2.24, 2.45) is 11.8 Å². The zero-order valence-electron chi connectivity index (χ0n) is 11.8.